The Bertz CT molecular complexity index is 594. The van der Waals surface area contributed by atoms with Crippen LogP contribution in [0.5, 0.6) is 0 Å². The molecule has 0 saturated carbocycles. The van der Waals surface area contributed by atoms with Gasteiger partial charge in [-0.3, -0.25) is 9.69 Å². The van der Waals surface area contributed by atoms with E-state index < -0.39 is 0 Å². The van der Waals surface area contributed by atoms with Gasteiger partial charge in [0.05, 0.1) is 25.3 Å². The number of carbonyl (C=O) groups is 1. The average molecular weight is 289 g/mol. The number of morpholine rings is 1. The van der Waals surface area contributed by atoms with Crippen LogP contribution in [0.1, 0.15) is 12.7 Å². The number of fused-ring (bicyclic) bond motifs is 1. The highest BCUT2D eigenvalue weighted by Crippen LogP contribution is 2.09. The van der Waals surface area contributed by atoms with Gasteiger partial charge in [0, 0.05) is 12.7 Å². The topological polar surface area (TPSA) is 83.1 Å². The van der Waals surface area contributed by atoms with Crippen LogP contribution in [0.2, 0.25) is 0 Å². The van der Waals surface area contributed by atoms with E-state index in [1.165, 1.54) is 0 Å². The molecule has 3 rings (SSSR count). The van der Waals surface area contributed by atoms with Crippen LogP contribution in [-0.4, -0.2) is 58.1 Å². The second-order valence-corrected chi connectivity index (χ2v) is 5.00. The molecular weight excluding hydrogens is 270 g/mol. The first-order chi connectivity index (χ1) is 10.3. The van der Waals surface area contributed by atoms with E-state index in [0.717, 1.165) is 18.6 Å². The van der Waals surface area contributed by atoms with Gasteiger partial charge in [-0.15, -0.1) is 0 Å². The maximum atomic E-state index is 12.3. The minimum absolute atomic E-state index is 0.0232. The lowest BCUT2D eigenvalue weighted by atomic mass is 10.2. The SMILES string of the molecule is CCN1CCOCC1C(=O)NCc1nc2ncccc2[nH]1. The van der Waals surface area contributed by atoms with Gasteiger partial charge >= 0.3 is 0 Å². The molecule has 1 unspecified atom stereocenters. The summed E-state index contributed by atoms with van der Waals surface area (Å²) in [5.74, 6) is 0.682. The van der Waals surface area contributed by atoms with Crippen LogP contribution in [-0.2, 0) is 16.1 Å². The number of aromatic amines is 1. The largest absolute Gasteiger partial charge is 0.378 e. The van der Waals surface area contributed by atoms with Crippen molar-refractivity contribution in [3.8, 4) is 0 Å². The molecule has 0 aliphatic carbocycles. The molecule has 0 bridgehead atoms. The highest BCUT2D eigenvalue weighted by atomic mass is 16.5. The molecule has 7 heteroatoms. The zero-order chi connectivity index (χ0) is 14.7. The number of rotatable bonds is 4. The van der Waals surface area contributed by atoms with Crippen LogP contribution in [0.15, 0.2) is 18.3 Å². The Hall–Kier alpha value is -1.99. The molecule has 1 saturated heterocycles. The fourth-order valence-electron chi connectivity index (χ4n) is 2.53. The van der Waals surface area contributed by atoms with Crippen LogP contribution >= 0.6 is 0 Å². The average Bonchev–Trinajstić information content (AvgIpc) is 2.95. The van der Waals surface area contributed by atoms with Gasteiger partial charge in [-0.25, -0.2) is 9.97 Å². The summed E-state index contributed by atoms with van der Waals surface area (Å²) in [6.07, 6.45) is 1.70. The number of ether oxygens (including phenoxy) is 1. The minimum atomic E-state index is -0.216. The van der Waals surface area contributed by atoms with Crippen LogP contribution in [0.3, 0.4) is 0 Å². The van der Waals surface area contributed by atoms with Crippen molar-refractivity contribution in [2.75, 3.05) is 26.3 Å². The van der Waals surface area contributed by atoms with E-state index in [0.29, 0.717) is 31.2 Å². The van der Waals surface area contributed by atoms with Crippen molar-refractivity contribution >= 4 is 17.1 Å². The number of hydrogen-bond donors (Lipinski definition) is 2. The van der Waals surface area contributed by atoms with Crippen LogP contribution < -0.4 is 5.32 Å². The first-order valence-corrected chi connectivity index (χ1v) is 7.17. The molecule has 2 aromatic heterocycles. The Kier molecular flexibility index (Phi) is 4.12. The number of nitrogens with one attached hydrogen (secondary N) is 2. The number of likely N-dealkylation sites (N-methyl/N-ethyl adjacent to an activating group) is 1. The fraction of sp³-hybridized carbons (Fsp3) is 0.500. The van der Waals surface area contributed by atoms with Crippen LogP contribution in [0.25, 0.3) is 11.2 Å². The number of H-pyrrole nitrogens is 1. The first-order valence-electron chi connectivity index (χ1n) is 7.17. The molecule has 1 fully saturated rings. The molecule has 21 heavy (non-hydrogen) atoms. The number of aromatic nitrogens is 3. The lowest BCUT2D eigenvalue weighted by Crippen LogP contribution is -2.53. The van der Waals surface area contributed by atoms with Gasteiger partial charge in [0.15, 0.2) is 5.65 Å². The summed E-state index contributed by atoms with van der Waals surface area (Å²) in [7, 11) is 0. The van der Waals surface area contributed by atoms with Gasteiger partial charge in [-0.1, -0.05) is 6.92 Å². The third-order valence-electron chi connectivity index (χ3n) is 3.68. The maximum absolute atomic E-state index is 12.3. The summed E-state index contributed by atoms with van der Waals surface area (Å²) in [4.78, 5) is 26.0. The molecule has 7 nitrogen and oxygen atoms in total. The zero-order valence-corrected chi connectivity index (χ0v) is 12.0. The number of amides is 1. The normalized spacial score (nSPS) is 19.8. The molecule has 1 aliphatic heterocycles. The second-order valence-electron chi connectivity index (χ2n) is 5.00. The van der Waals surface area contributed by atoms with Crippen LogP contribution in [0.4, 0.5) is 0 Å². The Morgan fingerprint density at radius 3 is 3.33 bits per heavy atom. The number of imidazole rings is 1. The van der Waals surface area contributed by atoms with Crippen molar-refractivity contribution in [3.63, 3.8) is 0 Å². The van der Waals surface area contributed by atoms with Crippen LogP contribution in [0, 0.1) is 0 Å². The van der Waals surface area contributed by atoms with Gasteiger partial charge in [0.1, 0.15) is 11.9 Å². The molecule has 0 spiro atoms. The summed E-state index contributed by atoms with van der Waals surface area (Å²) in [6, 6.07) is 3.54. The van der Waals surface area contributed by atoms with E-state index in [9.17, 15) is 4.79 Å². The molecule has 2 N–H and O–H groups in total. The predicted molar refractivity (Wildman–Crippen MR) is 77.6 cm³/mol. The van der Waals surface area contributed by atoms with E-state index in [1.807, 2.05) is 12.1 Å². The third kappa shape index (κ3) is 3.03. The van der Waals surface area contributed by atoms with Crippen molar-refractivity contribution in [2.45, 2.75) is 19.5 Å². The Balaban J connectivity index is 1.62. The number of pyridine rings is 1. The van der Waals surface area contributed by atoms with Crippen molar-refractivity contribution in [3.05, 3.63) is 24.2 Å². The molecule has 2 aromatic rings. The molecule has 3 heterocycles. The molecule has 0 aromatic carbocycles. The summed E-state index contributed by atoms with van der Waals surface area (Å²) in [5, 5.41) is 2.91. The molecule has 0 radical (unpaired) electrons. The first kappa shape index (κ1) is 14.0. The minimum Gasteiger partial charge on any atom is -0.378 e. The Labute approximate surface area is 122 Å². The lowest BCUT2D eigenvalue weighted by molar-refractivity contribution is -0.132. The molecular formula is C14H19N5O2. The quantitative estimate of drug-likeness (QED) is 0.845. The van der Waals surface area contributed by atoms with E-state index >= 15 is 0 Å². The molecule has 1 aliphatic rings. The summed E-state index contributed by atoms with van der Waals surface area (Å²) < 4.78 is 5.40. The predicted octanol–water partition coefficient (Wildman–Crippen LogP) is 0.295. The van der Waals surface area contributed by atoms with Gasteiger partial charge in [-0.05, 0) is 18.7 Å². The van der Waals surface area contributed by atoms with Crippen molar-refractivity contribution in [2.24, 2.45) is 0 Å². The Morgan fingerprint density at radius 2 is 2.52 bits per heavy atom. The van der Waals surface area contributed by atoms with E-state index in [1.54, 1.807) is 6.20 Å². The second kappa shape index (κ2) is 6.19. The molecule has 112 valence electrons. The van der Waals surface area contributed by atoms with E-state index in [4.69, 9.17) is 4.74 Å². The van der Waals surface area contributed by atoms with Gasteiger partial charge in [-0.2, -0.15) is 0 Å². The highest BCUT2D eigenvalue weighted by molar-refractivity contribution is 5.82. The maximum Gasteiger partial charge on any atom is 0.240 e. The highest BCUT2D eigenvalue weighted by Gasteiger charge is 2.28. The summed E-state index contributed by atoms with van der Waals surface area (Å²) >= 11 is 0. The number of carbonyl (C=O) groups excluding carboxylic acids is 1. The summed E-state index contributed by atoms with van der Waals surface area (Å²) in [6.45, 7) is 5.19. The summed E-state index contributed by atoms with van der Waals surface area (Å²) in [5.41, 5.74) is 1.54. The molecule has 1 atom stereocenters. The van der Waals surface area contributed by atoms with Gasteiger partial charge in [0.25, 0.3) is 0 Å². The van der Waals surface area contributed by atoms with E-state index in [-0.39, 0.29) is 11.9 Å². The van der Waals surface area contributed by atoms with E-state index in [2.05, 4.69) is 32.1 Å². The smallest absolute Gasteiger partial charge is 0.240 e. The monoisotopic (exact) mass is 289 g/mol. The van der Waals surface area contributed by atoms with Crippen molar-refractivity contribution in [1.29, 1.82) is 0 Å². The van der Waals surface area contributed by atoms with Crippen molar-refractivity contribution in [1.82, 2.24) is 25.2 Å². The Morgan fingerprint density at radius 1 is 1.62 bits per heavy atom. The molecule has 1 amide bonds. The van der Waals surface area contributed by atoms with Gasteiger partial charge in [0.2, 0.25) is 5.91 Å². The zero-order valence-electron chi connectivity index (χ0n) is 12.0. The number of hydrogen-bond acceptors (Lipinski definition) is 5. The number of nitrogens with zero attached hydrogens (tertiary/aromatic N) is 3. The van der Waals surface area contributed by atoms with Gasteiger partial charge < -0.3 is 15.0 Å². The third-order valence-corrected chi connectivity index (χ3v) is 3.68. The van der Waals surface area contributed by atoms with Crippen molar-refractivity contribution < 1.29 is 9.53 Å². The lowest BCUT2D eigenvalue weighted by Gasteiger charge is -2.33. The standard InChI is InChI=1S/C14H19N5O2/c1-2-19-6-7-21-9-11(19)14(20)16-8-12-17-10-4-3-5-15-13(10)18-12/h3-5,11H,2,6-9H2,1H3,(H,16,20)(H,15,17,18). The fourth-order valence-corrected chi connectivity index (χ4v) is 2.53.